The number of benzene rings is 1. The molecule has 1 atom stereocenters. The Balaban J connectivity index is 2.34. The van der Waals surface area contributed by atoms with Crippen LogP contribution in [0, 0.1) is 6.92 Å². The highest BCUT2D eigenvalue weighted by molar-refractivity contribution is 7.10. The third-order valence-electron chi connectivity index (χ3n) is 3.22. The maximum Gasteiger partial charge on any atom is 0.121 e. The smallest absolute Gasteiger partial charge is 0.121 e. The molecule has 0 saturated carbocycles. The van der Waals surface area contributed by atoms with Gasteiger partial charge in [-0.2, -0.15) is 0 Å². The monoisotopic (exact) mass is 261 g/mol. The summed E-state index contributed by atoms with van der Waals surface area (Å²) in [6.07, 6.45) is 1.03. The molecule has 0 aliphatic rings. The van der Waals surface area contributed by atoms with E-state index in [0.717, 1.165) is 23.3 Å². The topological polar surface area (TPSA) is 35.2 Å². The zero-order valence-corrected chi connectivity index (χ0v) is 11.9. The fraction of sp³-hybridized carbons (Fsp3) is 0.333. The molecule has 0 amide bonds. The molecule has 18 heavy (non-hydrogen) atoms. The molecule has 0 spiro atoms. The Morgan fingerprint density at radius 3 is 2.72 bits per heavy atom. The fourth-order valence-corrected chi connectivity index (χ4v) is 3.18. The first-order valence-electron chi connectivity index (χ1n) is 6.13. The van der Waals surface area contributed by atoms with Crippen LogP contribution in [0.4, 0.5) is 0 Å². The van der Waals surface area contributed by atoms with Crippen molar-refractivity contribution in [1.82, 2.24) is 0 Å². The van der Waals surface area contributed by atoms with Gasteiger partial charge in [0.25, 0.3) is 0 Å². The Bertz CT molecular complexity index is 533. The van der Waals surface area contributed by atoms with Crippen LogP contribution >= 0.6 is 11.3 Å². The minimum atomic E-state index is -0.0374. The van der Waals surface area contributed by atoms with Crippen molar-refractivity contribution < 1.29 is 4.74 Å². The zero-order chi connectivity index (χ0) is 13.1. The molecule has 1 heterocycles. The Morgan fingerprint density at radius 2 is 2.11 bits per heavy atom. The highest BCUT2D eigenvalue weighted by atomic mass is 32.1. The summed E-state index contributed by atoms with van der Waals surface area (Å²) in [4.78, 5) is 1.27. The van der Waals surface area contributed by atoms with Crippen LogP contribution in [0.3, 0.4) is 0 Å². The van der Waals surface area contributed by atoms with Gasteiger partial charge in [0.05, 0.1) is 13.2 Å². The molecule has 96 valence electrons. The number of thiophene rings is 1. The van der Waals surface area contributed by atoms with Crippen molar-refractivity contribution in [3.8, 4) is 5.75 Å². The van der Waals surface area contributed by atoms with Gasteiger partial charge in [-0.15, -0.1) is 11.3 Å². The number of hydrogen-bond donors (Lipinski definition) is 1. The van der Waals surface area contributed by atoms with Crippen molar-refractivity contribution in [1.29, 1.82) is 0 Å². The predicted octanol–water partition coefficient (Wildman–Crippen LogP) is 3.68. The summed E-state index contributed by atoms with van der Waals surface area (Å²) in [6, 6.07) is 8.28. The van der Waals surface area contributed by atoms with Gasteiger partial charge < -0.3 is 10.5 Å². The minimum Gasteiger partial charge on any atom is -0.496 e. The quantitative estimate of drug-likeness (QED) is 0.911. The molecule has 0 fully saturated rings. The first-order valence-corrected chi connectivity index (χ1v) is 7.01. The summed E-state index contributed by atoms with van der Waals surface area (Å²) in [5, 5.41) is 2.12. The Labute approximate surface area is 112 Å². The van der Waals surface area contributed by atoms with E-state index in [1.165, 1.54) is 10.4 Å². The Kier molecular flexibility index (Phi) is 4.04. The standard InChI is InChI=1S/C15H19NOS/c1-4-11-7-8-18-15(11)14(16)12-5-6-13(17-3)10(2)9-12/h5-9,14H,4,16H2,1-3H3. The molecule has 0 aliphatic heterocycles. The molecule has 0 aliphatic carbocycles. The average molecular weight is 261 g/mol. The van der Waals surface area contributed by atoms with Gasteiger partial charge in [0.2, 0.25) is 0 Å². The number of methoxy groups -OCH3 is 1. The van der Waals surface area contributed by atoms with Gasteiger partial charge >= 0.3 is 0 Å². The Hall–Kier alpha value is -1.32. The van der Waals surface area contributed by atoms with Crippen LogP contribution in [0.1, 0.15) is 34.5 Å². The van der Waals surface area contributed by atoms with Crippen LogP contribution in [0.25, 0.3) is 0 Å². The van der Waals surface area contributed by atoms with Crippen LogP contribution < -0.4 is 10.5 Å². The second-order valence-electron chi connectivity index (χ2n) is 4.37. The van der Waals surface area contributed by atoms with Crippen molar-refractivity contribution >= 4 is 11.3 Å². The van der Waals surface area contributed by atoms with Crippen LogP contribution in [0.15, 0.2) is 29.6 Å². The largest absolute Gasteiger partial charge is 0.496 e. The molecule has 0 radical (unpaired) electrons. The normalized spacial score (nSPS) is 12.4. The van der Waals surface area contributed by atoms with Crippen molar-refractivity contribution in [2.75, 3.05) is 7.11 Å². The van der Waals surface area contributed by atoms with Crippen LogP contribution in [-0.4, -0.2) is 7.11 Å². The van der Waals surface area contributed by atoms with Crippen LogP contribution in [0.2, 0.25) is 0 Å². The van der Waals surface area contributed by atoms with Gasteiger partial charge in [-0.1, -0.05) is 19.1 Å². The van der Waals surface area contributed by atoms with E-state index in [-0.39, 0.29) is 6.04 Å². The third kappa shape index (κ3) is 2.42. The van der Waals surface area contributed by atoms with E-state index in [1.54, 1.807) is 18.4 Å². The average Bonchev–Trinajstić information content (AvgIpc) is 2.86. The maximum absolute atomic E-state index is 6.37. The number of rotatable bonds is 4. The van der Waals surface area contributed by atoms with E-state index >= 15 is 0 Å². The van der Waals surface area contributed by atoms with E-state index < -0.39 is 0 Å². The summed E-state index contributed by atoms with van der Waals surface area (Å²) in [6.45, 7) is 4.21. The molecule has 2 N–H and O–H groups in total. The molecule has 0 saturated heterocycles. The number of hydrogen-bond acceptors (Lipinski definition) is 3. The lowest BCUT2D eigenvalue weighted by atomic mass is 10.0. The van der Waals surface area contributed by atoms with E-state index in [2.05, 4.69) is 30.5 Å². The van der Waals surface area contributed by atoms with E-state index in [9.17, 15) is 0 Å². The molecule has 1 aromatic carbocycles. The SMILES string of the molecule is CCc1ccsc1C(N)c1ccc(OC)c(C)c1. The maximum atomic E-state index is 6.37. The van der Waals surface area contributed by atoms with E-state index in [0.29, 0.717) is 0 Å². The van der Waals surface area contributed by atoms with E-state index in [1.807, 2.05) is 13.0 Å². The lowest BCUT2D eigenvalue weighted by Crippen LogP contribution is -2.12. The summed E-state index contributed by atoms with van der Waals surface area (Å²) in [7, 11) is 1.69. The van der Waals surface area contributed by atoms with Crippen LogP contribution in [0.5, 0.6) is 5.75 Å². The molecule has 2 nitrogen and oxygen atoms in total. The molecule has 2 aromatic rings. The summed E-state index contributed by atoms with van der Waals surface area (Å²) < 4.78 is 5.28. The molecule has 1 unspecified atom stereocenters. The molecule has 3 heteroatoms. The first-order chi connectivity index (χ1) is 8.67. The van der Waals surface area contributed by atoms with E-state index in [4.69, 9.17) is 10.5 Å². The highest BCUT2D eigenvalue weighted by Crippen LogP contribution is 2.30. The minimum absolute atomic E-state index is 0.0374. The lowest BCUT2D eigenvalue weighted by molar-refractivity contribution is 0.411. The predicted molar refractivity (Wildman–Crippen MR) is 77.5 cm³/mol. The van der Waals surface area contributed by atoms with Gasteiger partial charge in [-0.25, -0.2) is 0 Å². The fourth-order valence-electron chi connectivity index (χ4n) is 2.16. The van der Waals surface area contributed by atoms with Crippen molar-refractivity contribution in [2.24, 2.45) is 5.73 Å². The number of nitrogens with two attached hydrogens (primary N) is 1. The lowest BCUT2D eigenvalue weighted by Gasteiger charge is -2.14. The second-order valence-corrected chi connectivity index (χ2v) is 5.32. The molecular weight excluding hydrogens is 242 g/mol. The van der Waals surface area contributed by atoms with Crippen LogP contribution in [-0.2, 0) is 6.42 Å². The first kappa shape index (κ1) is 13.1. The molecule has 2 rings (SSSR count). The summed E-state index contributed by atoms with van der Waals surface area (Å²) >= 11 is 1.74. The highest BCUT2D eigenvalue weighted by Gasteiger charge is 2.14. The van der Waals surface area contributed by atoms with Gasteiger partial charge in [-0.3, -0.25) is 0 Å². The van der Waals surface area contributed by atoms with Gasteiger partial charge in [0.1, 0.15) is 5.75 Å². The summed E-state index contributed by atoms with van der Waals surface area (Å²) in [5.41, 5.74) is 9.98. The second kappa shape index (κ2) is 5.55. The third-order valence-corrected chi connectivity index (χ3v) is 4.26. The van der Waals surface area contributed by atoms with Crippen molar-refractivity contribution in [2.45, 2.75) is 26.3 Å². The number of aryl methyl sites for hydroxylation is 2. The van der Waals surface area contributed by atoms with Gasteiger partial charge in [0, 0.05) is 4.88 Å². The Morgan fingerprint density at radius 1 is 1.33 bits per heavy atom. The zero-order valence-electron chi connectivity index (χ0n) is 11.1. The van der Waals surface area contributed by atoms with Gasteiger partial charge in [0.15, 0.2) is 0 Å². The molecular formula is C15H19NOS. The number of ether oxygens (including phenoxy) is 1. The summed E-state index contributed by atoms with van der Waals surface area (Å²) in [5.74, 6) is 0.910. The van der Waals surface area contributed by atoms with Crippen molar-refractivity contribution in [3.05, 3.63) is 51.2 Å². The van der Waals surface area contributed by atoms with Gasteiger partial charge in [-0.05, 0) is 47.5 Å². The molecule has 0 bridgehead atoms. The van der Waals surface area contributed by atoms with Crippen molar-refractivity contribution in [3.63, 3.8) is 0 Å². The molecule has 1 aromatic heterocycles.